The number of nitrogens with zero attached hydrogens (tertiary/aromatic N) is 2. The van der Waals surface area contributed by atoms with Crippen LogP contribution in [0.25, 0.3) is 6.08 Å². The van der Waals surface area contributed by atoms with Crippen LogP contribution in [0.3, 0.4) is 0 Å². The number of rotatable bonds is 7. The number of likely N-dealkylation sites (N-methyl/N-ethyl adjacent to an activating group) is 1. The predicted molar refractivity (Wildman–Crippen MR) is 166 cm³/mol. The van der Waals surface area contributed by atoms with Crippen LogP contribution >= 0.6 is 0 Å². The van der Waals surface area contributed by atoms with Crippen LogP contribution in [0.4, 0.5) is 0 Å². The van der Waals surface area contributed by atoms with Crippen LogP contribution in [0.15, 0.2) is 72.8 Å². The molecule has 3 aliphatic rings. The third-order valence-electron chi connectivity index (χ3n) is 10.3. The summed E-state index contributed by atoms with van der Waals surface area (Å²) in [6, 6.07) is 22.3. The van der Waals surface area contributed by atoms with Crippen LogP contribution in [-0.2, 0) is 23.1 Å². The van der Waals surface area contributed by atoms with Crippen molar-refractivity contribution >= 4 is 12.0 Å². The second-order valence-corrected chi connectivity index (χ2v) is 12.5. The lowest BCUT2D eigenvalue weighted by Crippen LogP contribution is -2.74. The number of hydrogen-bond acceptors (Lipinski definition) is 5. The highest BCUT2D eigenvalue weighted by Gasteiger charge is 2.66. The number of aromatic hydroxyl groups is 1. The Bertz CT molecular complexity index is 1490. The second kappa shape index (κ2) is 11.2. The Labute approximate surface area is 249 Å². The molecular weight excluding hydrogens is 524 g/mol. The van der Waals surface area contributed by atoms with Gasteiger partial charge in [-0.2, -0.15) is 0 Å². The summed E-state index contributed by atoms with van der Waals surface area (Å²) in [4.78, 5) is 17.7. The number of benzene rings is 3. The van der Waals surface area contributed by atoms with Crippen LogP contribution in [0.5, 0.6) is 11.5 Å². The monoisotopic (exact) mass is 566 g/mol. The van der Waals surface area contributed by atoms with Crippen molar-refractivity contribution in [3.8, 4) is 11.5 Å². The number of aryl methyl sites for hydroxylation is 1. The molecule has 42 heavy (non-hydrogen) atoms. The Morgan fingerprint density at radius 2 is 1.93 bits per heavy atom. The third-order valence-corrected chi connectivity index (χ3v) is 10.3. The first-order chi connectivity index (χ1) is 20.3. The van der Waals surface area contributed by atoms with Crippen LogP contribution in [0, 0.1) is 6.92 Å². The van der Waals surface area contributed by atoms with Gasteiger partial charge in [-0.15, -0.1) is 0 Å². The highest BCUT2D eigenvalue weighted by molar-refractivity contribution is 5.91. The predicted octanol–water partition coefficient (Wildman–Crippen LogP) is 5.28. The van der Waals surface area contributed by atoms with E-state index in [4.69, 9.17) is 4.74 Å². The molecule has 1 aliphatic heterocycles. The van der Waals surface area contributed by atoms with Crippen molar-refractivity contribution in [3.05, 3.63) is 101 Å². The van der Waals surface area contributed by atoms with Crippen LogP contribution in [-0.4, -0.2) is 70.9 Å². The average Bonchev–Trinajstić information content (AvgIpc) is 2.99. The van der Waals surface area contributed by atoms with E-state index in [0.29, 0.717) is 25.0 Å². The lowest BCUT2D eigenvalue weighted by Gasteiger charge is -2.65. The van der Waals surface area contributed by atoms with Crippen molar-refractivity contribution in [1.29, 1.82) is 0 Å². The first kappa shape index (κ1) is 28.5. The number of likely N-dealkylation sites (tertiary alicyclic amines) is 1. The number of aliphatic hydroxyl groups is 1. The maximum atomic E-state index is 13.4. The Kier molecular flexibility index (Phi) is 7.62. The zero-order valence-corrected chi connectivity index (χ0v) is 24.9. The van der Waals surface area contributed by atoms with E-state index < -0.39 is 11.0 Å². The number of ether oxygens (including phenoxy) is 1. The van der Waals surface area contributed by atoms with E-state index in [0.717, 1.165) is 54.6 Å². The quantitative estimate of drug-likeness (QED) is 0.381. The zero-order valence-electron chi connectivity index (χ0n) is 24.9. The summed E-state index contributed by atoms with van der Waals surface area (Å²) in [5.41, 5.74) is 3.89. The average molecular weight is 567 g/mol. The van der Waals surface area contributed by atoms with Gasteiger partial charge in [-0.25, -0.2) is 0 Å². The maximum Gasteiger partial charge on any atom is 0.246 e. The molecule has 2 aliphatic carbocycles. The van der Waals surface area contributed by atoms with Gasteiger partial charge in [0.1, 0.15) is 0 Å². The summed E-state index contributed by atoms with van der Waals surface area (Å²) in [5, 5.41) is 23.7. The van der Waals surface area contributed by atoms with Crippen molar-refractivity contribution in [1.82, 2.24) is 9.80 Å². The highest BCUT2D eigenvalue weighted by atomic mass is 16.5. The molecular formula is C36H42N2O4. The van der Waals surface area contributed by atoms with Gasteiger partial charge < -0.3 is 19.8 Å². The van der Waals surface area contributed by atoms with Crippen LogP contribution in [0.1, 0.15) is 53.5 Å². The van der Waals surface area contributed by atoms with Gasteiger partial charge in [0.25, 0.3) is 0 Å². The van der Waals surface area contributed by atoms with Gasteiger partial charge in [0, 0.05) is 42.7 Å². The standard InChI is InChI=1S/C36H42N2O4/c1-25-8-7-11-27(22-25)12-15-32(40)37(2)29-16-18-36(41)31-23-28-13-14-30(39)34(42-3)33(28)35(36,24-29)19-21-38(31)20-17-26-9-5-4-6-10-26/h4-15,22,29,31,39,41H,16-21,23-24H2,1-3H3/t29-,31+,35+,36+/m0/s1. The van der Waals surface area contributed by atoms with Gasteiger partial charge in [0.15, 0.2) is 11.5 Å². The molecule has 1 saturated carbocycles. The molecule has 1 saturated heterocycles. The van der Waals surface area contributed by atoms with E-state index in [1.54, 1.807) is 19.3 Å². The molecule has 6 nitrogen and oxygen atoms in total. The first-order valence-corrected chi connectivity index (χ1v) is 15.2. The van der Waals surface area contributed by atoms with Crippen molar-refractivity contribution in [3.63, 3.8) is 0 Å². The number of methoxy groups -OCH3 is 1. The van der Waals surface area contributed by atoms with Crippen molar-refractivity contribution < 1.29 is 19.7 Å². The number of phenols is 1. The molecule has 2 fully saturated rings. The molecule has 0 spiro atoms. The van der Waals surface area contributed by atoms with E-state index in [1.807, 2.05) is 55.3 Å². The second-order valence-electron chi connectivity index (χ2n) is 12.5. The zero-order chi connectivity index (χ0) is 29.5. The van der Waals surface area contributed by atoms with Crippen molar-refractivity contribution in [2.24, 2.45) is 0 Å². The molecule has 1 heterocycles. The van der Waals surface area contributed by atoms with Gasteiger partial charge in [-0.1, -0.05) is 66.2 Å². The van der Waals surface area contributed by atoms with Gasteiger partial charge in [0.05, 0.1) is 12.7 Å². The molecule has 0 radical (unpaired) electrons. The lowest BCUT2D eigenvalue weighted by molar-refractivity contribution is -0.177. The van der Waals surface area contributed by atoms with Gasteiger partial charge in [-0.05, 0) is 80.8 Å². The summed E-state index contributed by atoms with van der Waals surface area (Å²) in [5.74, 6) is 0.528. The lowest BCUT2D eigenvalue weighted by atomic mass is 9.48. The largest absolute Gasteiger partial charge is 0.504 e. The van der Waals surface area contributed by atoms with Crippen molar-refractivity contribution in [2.45, 2.75) is 68.5 Å². The fraction of sp³-hybridized carbons (Fsp3) is 0.417. The number of fused-ring (bicyclic) bond motifs is 1. The fourth-order valence-electron chi connectivity index (χ4n) is 8.12. The third kappa shape index (κ3) is 4.81. The molecule has 3 aromatic carbocycles. The van der Waals surface area contributed by atoms with Crippen molar-refractivity contribution in [2.75, 3.05) is 27.2 Å². The molecule has 4 atom stereocenters. The normalized spacial score (nSPS) is 26.9. The Hall–Kier alpha value is -3.61. The number of amides is 1. The highest BCUT2D eigenvalue weighted by Crippen LogP contribution is 2.61. The summed E-state index contributed by atoms with van der Waals surface area (Å²) < 4.78 is 5.83. The minimum atomic E-state index is -0.992. The van der Waals surface area contributed by atoms with Gasteiger partial charge in [0.2, 0.25) is 5.91 Å². The molecule has 0 unspecified atom stereocenters. The summed E-state index contributed by atoms with van der Waals surface area (Å²) in [6.45, 7) is 3.76. The summed E-state index contributed by atoms with van der Waals surface area (Å²) in [6.07, 6.45) is 7.83. The number of carbonyl (C=O) groups excluding carboxylic acids is 1. The van der Waals surface area contributed by atoms with E-state index in [2.05, 4.69) is 35.2 Å². The summed E-state index contributed by atoms with van der Waals surface area (Å²) >= 11 is 0. The maximum absolute atomic E-state index is 13.4. The van der Waals surface area contributed by atoms with E-state index in [-0.39, 0.29) is 23.7 Å². The molecule has 220 valence electrons. The van der Waals surface area contributed by atoms with E-state index in [1.165, 1.54) is 5.56 Å². The molecule has 6 heteroatoms. The van der Waals surface area contributed by atoms with Crippen LogP contribution in [0.2, 0.25) is 0 Å². The Morgan fingerprint density at radius 1 is 1.12 bits per heavy atom. The number of piperidine rings is 1. The Morgan fingerprint density at radius 3 is 2.69 bits per heavy atom. The number of phenolic OH excluding ortho intramolecular Hbond substituents is 1. The minimum absolute atomic E-state index is 0.0418. The molecule has 2 bridgehead atoms. The molecule has 2 N–H and O–H groups in total. The number of hydrogen-bond donors (Lipinski definition) is 2. The molecule has 0 aromatic heterocycles. The Balaban J connectivity index is 1.32. The van der Waals surface area contributed by atoms with E-state index in [9.17, 15) is 15.0 Å². The van der Waals surface area contributed by atoms with Crippen LogP contribution < -0.4 is 4.74 Å². The number of carbonyl (C=O) groups is 1. The van der Waals surface area contributed by atoms with Gasteiger partial charge >= 0.3 is 0 Å². The van der Waals surface area contributed by atoms with Gasteiger partial charge in [-0.3, -0.25) is 9.69 Å². The first-order valence-electron chi connectivity index (χ1n) is 15.2. The molecule has 3 aromatic rings. The molecule has 1 amide bonds. The molecule has 6 rings (SSSR count). The topological polar surface area (TPSA) is 73.2 Å². The SMILES string of the molecule is COc1c(O)ccc2c1[C@]13CCN(CCc4ccccc4)[C@H](C2)[C@]1(O)CC[C@H](N(C)C(=O)C=Cc1cccc(C)c1)C3. The fourth-order valence-corrected chi connectivity index (χ4v) is 8.12. The van der Waals surface area contributed by atoms with E-state index >= 15 is 0 Å². The smallest absolute Gasteiger partial charge is 0.246 e. The minimum Gasteiger partial charge on any atom is -0.504 e. The summed E-state index contributed by atoms with van der Waals surface area (Å²) in [7, 11) is 3.47.